The summed E-state index contributed by atoms with van der Waals surface area (Å²) in [5.41, 5.74) is 3.31. The van der Waals surface area contributed by atoms with Crippen LogP contribution in [0.3, 0.4) is 0 Å². The van der Waals surface area contributed by atoms with Gasteiger partial charge in [0.25, 0.3) is 0 Å². The molecule has 1 heterocycles. The van der Waals surface area contributed by atoms with E-state index in [1.165, 1.54) is 5.56 Å². The quantitative estimate of drug-likeness (QED) is 0.919. The molecule has 4 heteroatoms. The third kappa shape index (κ3) is 2.42. The first-order chi connectivity index (χ1) is 8.67. The number of rotatable bonds is 4. The Labute approximate surface area is 113 Å². The molecule has 0 radical (unpaired) electrons. The van der Waals surface area contributed by atoms with Crippen LogP contribution in [0.15, 0.2) is 24.3 Å². The number of nitrogens with zero attached hydrogens (tertiary/aromatic N) is 2. The summed E-state index contributed by atoms with van der Waals surface area (Å²) in [4.78, 5) is 4.59. The highest BCUT2D eigenvalue weighted by Crippen LogP contribution is 2.25. The molecule has 0 fully saturated rings. The van der Waals surface area contributed by atoms with Crippen molar-refractivity contribution < 1.29 is 0 Å². The highest BCUT2D eigenvalue weighted by Gasteiger charge is 2.13. The summed E-state index contributed by atoms with van der Waals surface area (Å²) in [5.74, 6) is 0.910. The minimum Gasteiger partial charge on any atom is -0.318 e. The first-order valence-electron chi connectivity index (χ1n) is 6.12. The zero-order valence-corrected chi connectivity index (χ0v) is 11.8. The van der Waals surface area contributed by atoms with Gasteiger partial charge in [-0.1, -0.05) is 42.8 Å². The maximum Gasteiger partial charge on any atom is 0.141 e. The Hall–Kier alpha value is -1.32. The topological polar surface area (TPSA) is 29.9 Å². The average Bonchev–Trinajstić information content (AvgIpc) is 2.68. The molecular weight excluding hydrogens is 246 g/mol. The van der Waals surface area contributed by atoms with Gasteiger partial charge in [-0.3, -0.25) is 0 Å². The van der Waals surface area contributed by atoms with Crippen molar-refractivity contribution >= 4 is 11.6 Å². The fraction of sp³-hybridized carbons (Fsp3) is 0.357. The second-order valence-electron chi connectivity index (χ2n) is 4.31. The van der Waals surface area contributed by atoms with E-state index in [1.807, 2.05) is 18.7 Å². The molecule has 0 unspecified atom stereocenters. The van der Waals surface area contributed by atoms with Crippen molar-refractivity contribution in [2.75, 3.05) is 7.05 Å². The smallest absolute Gasteiger partial charge is 0.141 e. The molecule has 0 saturated carbocycles. The molecule has 3 nitrogen and oxygen atoms in total. The van der Waals surface area contributed by atoms with Crippen LogP contribution in [0.4, 0.5) is 0 Å². The van der Waals surface area contributed by atoms with Crippen molar-refractivity contribution in [3.8, 4) is 11.4 Å². The largest absolute Gasteiger partial charge is 0.318 e. The van der Waals surface area contributed by atoms with Gasteiger partial charge < -0.3 is 9.88 Å². The Balaban J connectivity index is 2.40. The van der Waals surface area contributed by atoms with Crippen LogP contribution in [0.25, 0.3) is 11.4 Å². The van der Waals surface area contributed by atoms with Gasteiger partial charge in [-0.05, 0) is 19.0 Å². The zero-order chi connectivity index (χ0) is 13.1. The van der Waals surface area contributed by atoms with Crippen LogP contribution in [0.1, 0.15) is 18.2 Å². The summed E-state index contributed by atoms with van der Waals surface area (Å²) in [6, 6.07) is 8.46. The molecule has 0 atom stereocenters. The van der Waals surface area contributed by atoms with Crippen LogP contribution >= 0.6 is 11.6 Å². The van der Waals surface area contributed by atoms with Gasteiger partial charge in [0, 0.05) is 19.2 Å². The summed E-state index contributed by atoms with van der Waals surface area (Å²) in [7, 11) is 3.83. The van der Waals surface area contributed by atoms with Gasteiger partial charge in [0.15, 0.2) is 0 Å². The normalized spacial score (nSPS) is 10.9. The van der Waals surface area contributed by atoms with E-state index in [0.29, 0.717) is 11.7 Å². The number of hydrogen-bond acceptors (Lipinski definition) is 2. The lowest BCUT2D eigenvalue weighted by atomic mass is 10.1. The summed E-state index contributed by atoms with van der Waals surface area (Å²) in [5, 5.41) is 3.77. The molecule has 18 heavy (non-hydrogen) atoms. The monoisotopic (exact) mass is 263 g/mol. The Morgan fingerprint density at radius 1 is 1.28 bits per heavy atom. The number of nitrogens with one attached hydrogen (secondary N) is 1. The van der Waals surface area contributed by atoms with Gasteiger partial charge in [-0.2, -0.15) is 0 Å². The second kappa shape index (κ2) is 5.55. The number of halogens is 1. The van der Waals surface area contributed by atoms with Crippen LogP contribution in [-0.4, -0.2) is 16.6 Å². The van der Waals surface area contributed by atoms with Gasteiger partial charge >= 0.3 is 0 Å². The Kier molecular flexibility index (Phi) is 4.04. The summed E-state index contributed by atoms with van der Waals surface area (Å²) >= 11 is 6.26. The van der Waals surface area contributed by atoms with Gasteiger partial charge in [0.1, 0.15) is 11.0 Å². The molecule has 2 rings (SSSR count). The molecule has 0 aliphatic carbocycles. The van der Waals surface area contributed by atoms with Crippen LogP contribution in [0.2, 0.25) is 5.15 Å². The Bertz CT molecular complexity index is 529. The van der Waals surface area contributed by atoms with Crippen molar-refractivity contribution in [1.82, 2.24) is 14.9 Å². The lowest BCUT2D eigenvalue weighted by molar-refractivity contribution is 0.795. The van der Waals surface area contributed by atoms with Crippen molar-refractivity contribution in [2.45, 2.75) is 19.9 Å². The molecule has 96 valence electrons. The zero-order valence-electron chi connectivity index (χ0n) is 11.0. The average molecular weight is 264 g/mol. The van der Waals surface area contributed by atoms with E-state index < -0.39 is 0 Å². The highest BCUT2D eigenvalue weighted by atomic mass is 35.5. The fourth-order valence-electron chi connectivity index (χ4n) is 1.96. The number of aryl methyl sites for hydroxylation is 1. The van der Waals surface area contributed by atoms with Crippen molar-refractivity contribution in [2.24, 2.45) is 7.05 Å². The van der Waals surface area contributed by atoms with E-state index in [4.69, 9.17) is 11.6 Å². The predicted octanol–water partition coefficient (Wildman–Crippen LogP) is 3.02. The molecular formula is C14H18ClN3. The minimum atomic E-state index is 0.680. The van der Waals surface area contributed by atoms with Crippen LogP contribution in [0, 0.1) is 0 Å². The second-order valence-corrected chi connectivity index (χ2v) is 4.67. The van der Waals surface area contributed by atoms with Gasteiger partial charge in [0.05, 0.1) is 5.69 Å². The molecule has 1 aromatic carbocycles. The first-order valence-corrected chi connectivity index (χ1v) is 6.50. The lowest BCUT2D eigenvalue weighted by Crippen LogP contribution is -2.05. The summed E-state index contributed by atoms with van der Waals surface area (Å²) in [6.45, 7) is 2.83. The molecule has 0 amide bonds. The van der Waals surface area contributed by atoms with Crippen molar-refractivity contribution in [3.63, 3.8) is 0 Å². The molecule has 0 bridgehead atoms. The number of imidazole rings is 1. The van der Waals surface area contributed by atoms with Crippen LogP contribution in [0.5, 0.6) is 0 Å². The minimum absolute atomic E-state index is 0.680. The molecule has 0 aliphatic heterocycles. The molecule has 2 aromatic rings. The summed E-state index contributed by atoms with van der Waals surface area (Å²) in [6.07, 6.45) is 1.05. The summed E-state index contributed by atoms with van der Waals surface area (Å²) < 4.78 is 1.93. The molecule has 0 saturated heterocycles. The third-order valence-corrected chi connectivity index (χ3v) is 3.53. The molecule has 1 N–H and O–H groups in total. The van der Waals surface area contributed by atoms with E-state index in [0.717, 1.165) is 23.5 Å². The number of hydrogen-bond donors (Lipinski definition) is 1. The van der Waals surface area contributed by atoms with E-state index in [9.17, 15) is 0 Å². The maximum absolute atomic E-state index is 6.26. The van der Waals surface area contributed by atoms with Crippen LogP contribution in [-0.2, 0) is 20.0 Å². The standard InChI is InChI=1S/C14H18ClN3/c1-4-10-5-7-11(8-6-10)14-17-12(9-16-2)13(15)18(14)3/h5-8,16H,4,9H2,1-3H3. The molecule has 0 aliphatic rings. The molecule has 1 aromatic heterocycles. The SMILES string of the molecule is CCc1ccc(-c2nc(CNC)c(Cl)n2C)cc1. The molecule has 0 spiro atoms. The van der Waals surface area contributed by atoms with E-state index in [1.54, 1.807) is 0 Å². The highest BCUT2D eigenvalue weighted by molar-refractivity contribution is 6.30. The predicted molar refractivity (Wildman–Crippen MR) is 75.8 cm³/mol. The van der Waals surface area contributed by atoms with E-state index in [2.05, 4.69) is 41.5 Å². The van der Waals surface area contributed by atoms with Crippen molar-refractivity contribution in [3.05, 3.63) is 40.7 Å². The van der Waals surface area contributed by atoms with Gasteiger partial charge in [-0.15, -0.1) is 0 Å². The van der Waals surface area contributed by atoms with Gasteiger partial charge in [-0.25, -0.2) is 4.98 Å². The maximum atomic E-state index is 6.26. The Morgan fingerprint density at radius 3 is 2.50 bits per heavy atom. The Morgan fingerprint density at radius 2 is 1.94 bits per heavy atom. The first kappa shape index (κ1) is 13.1. The van der Waals surface area contributed by atoms with Gasteiger partial charge in [0.2, 0.25) is 0 Å². The van der Waals surface area contributed by atoms with Crippen molar-refractivity contribution in [1.29, 1.82) is 0 Å². The number of benzene rings is 1. The number of aromatic nitrogens is 2. The van der Waals surface area contributed by atoms with E-state index >= 15 is 0 Å². The lowest BCUT2D eigenvalue weighted by Gasteiger charge is -2.03. The fourth-order valence-corrected chi connectivity index (χ4v) is 2.15. The third-order valence-electron chi connectivity index (χ3n) is 3.06. The van der Waals surface area contributed by atoms with E-state index in [-0.39, 0.29) is 0 Å². The van der Waals surface area contributed by atoms with Crippen LogP contribution < -0.4 is 5.32 Å².